The van der Waals surface area contributed by atoms with E-state index in [0.29, 0.717) is 25.3 Å². The average molecular weight is 263 g/mol. The highest BCUT2D eigenvalue weighted by Crippen LogP contribution is 2.25. The van der Waals surface area contributed by atoms with Crippen molar-refractivity contribution in [2.75, 3.05) is 13.1 Å². The Morgan fingerprint density at radius 1 is 1.53 bits per heavy atom. The molecule has 1 aliphatic rings. The summed E-state index contributed by atoms with van der Waals surface area (Å²) in [5.41, 5.74) is 0.403. The van der Waals surface area contributed by atoms with E-state index in [-0.39, 0.29) is 5.91 Å². The van der Waals surface area contributed by atoms with Gasteiger partial charge in [0, 0.05) is 0 Å². The number of hydrogen-bond acceptors (Lipinski definition) is 3. The second-order valence-electron chi connectivity index (χ2n) is 5.35. The van der Waals surface area contributed by atoms with E-state index in [4.69, 9.17) is 4.74 Å². The first kappa shape index (κ1) is 13.9. The SMILES string of the molecule is CCC1(O)CN(C(=O)C(C)Oc2cccc(C)c2)C1. The van der Waals surface area contributed by atoms with Crippen LogP contribution in [0, 0.1) is 6.92 Å². The van der Waals surface area contributed by atoms with Gasteiger partial charge in [-0.2, -0.15) is 0 Å². The summed E-state index contributed by atoms with van der Waals surface area (Å²) in [5, 5.41) is 9.91. The number of carbonyl (C=O) groups excluding carboxylic acids is 1. The van der Waals surface area contributed by atoms with E-state index in [1.54, 1.807) is 11.8 Å². The van der Waals surface area contributed by atoms with E-state index in [2.05, 4.69) is 0 Å². The minimum atomic E-state index is -0.696. The number of nitrogens with zero attached hydrogens (tertiary/aromatic N) is 1. The van der Waals surface area contributed by atoms with Gasteiger partial charge < -0.3 is 14.7 Å². The molecular weight excluding hydrogens is 242 g/mol. The van der Waals surface area contributed by atoms with Gasteiger partial charge in [0.05, 0.1) is 18.7 Å². The highest BCUT2D eigenvalue weighted by molar-refractivity contribution is 5.82. The lowest BCUT2D eigenvalue weighted by molar-refractivity contribution is -0.162. The number of amides is 1. The van der Waals surface area contributed by atoms with E-state index in [1.807, 2.05) is 38.1 Å². The largest absolute Gasteiger partial charge is 0.481 e. The van der Waals surface area contributed by atoms with Crippen molar-refractivity contribution in [1.29, 1.82) is 0 Å². The third-order valence-corrected chi connectivity index (χ3v) is 3.59. The van der Waals surface area contributed by atoms with E-state index in [9.17, 15) is 9.90 Å². The van der Waals surface area contributed by atoms with E-state index in [0.717, 1.165) is 5.56 Å². The van der Waals surface area contributed by atoms with Crippen LogP contribution in [0.5, 0.6) is 5.75 Å². The van der Waals surface area contributed by atoms with Crippen molar-refractivity contribution in [3.05, 3.63) is 29.8 Å². The smallest absolute Gasteiger partial charge is 0.263 e. The van der Waals surface area contributed by atoms with Gasteiger partial charge in [-0.1, -0.05) is 19.1 Å². The van der Waals surface area contributed by atoms with E-state index >= 15 is 0 Å². The first-order chi connectivity index (χ1) is 8.93. The minimum absolute atomic E-state index is 0.0698. The zero-order valence-electron chi connectivity index (χ0n) is 11.7. The van der Waals surface area contributed by atoms with Crippen LogP contribution in [-0.4, -0.2) is 40.7 Å². The predicted octanol–water partition coefficient (Wildman–Crippen LogP) is 1.75. The molecule has 19 heavy (non-hydrogen) atoms. The Balaban J connectivity index is 1.90. The number of rotatable bonds is 4. The molecule has 1 saturated heterocycles. The molecule has 104 valence electrons. The van der Waals surface area contributed by atoms with Crippen LogP contribution in [0.1, 0.15) is 25.8 Å². The highest BCUT2D eigenvalue weighted by Gasteiger charge is 2.43. The molecule has 0 aromatic heterocycles. The van der Waals surface area contributed by atoms with Gasteiger partial charge >= 0.3 is 0 Å². The van der Waals surface area contributed by atoms with Gasteiger partial charge in [-0.05, 0) is 38.0 Å². The monoisotopic (exact) mass is 263 g/mol. The summed E-state index contributed by atoms with van der Waals surface area (Å²) >= 11 is 0. The number of β-amino-alcohol motifs (C(OH)–C–C–N with tert-alkyl or cyclic N) is 1. The van der Waals surface area contributed by atoms with Gasteiger partial charge in [-0.15, -0.1) is 0 Å². The lowest BCUT2D eigenvalue weighted by Crippen LogP contribution is -2.64. The molecule has 2 rings (SSSR count). The molecule has 1 aliphatic heterocycles. The standard InChI is InChI=1S/C15H21NO3/c1-4-15(18)9-16(10-15)14(17)12(3)19-13-7-5-6-11(2)8-13/h5-8,12,18H,4,9-10H2,1-3H3. The van der Waals surface area contributed by atoms with Crippen molar-refractivity contribution in [2.24, 2.45) is 0 Å². The Morgan fingerprint density at radius 3 is 2.79 bits per heavy atom. The number of hydrogen-bond donors (Lipinski definition) is 1. The maximum Gasteiger partial charge on any atom is 0.263 e. The lowest BCUT2D eigenvalue weighted by atomic mass is 9.91. The average Bonchev–Trinajstić information content (AvgIpc) is 2.34. The fourth-order valence-corrected chi connectivity index (χ4v) is 2.24. The normalized spacial score (nSPS) is 18.6. The molecule has 0 bridgehead atoms. The molecule has 1 N–H and O–H groups in total. The summed E-state index contributed by atoms with van der Waals surface area (Å²) in [7, 11) is 0. The molecule has 4 nitrogen and oxygen atoms in total. The number of aryl methyl sites for hydroxylation is 1. The van der Waals surface area contributed by atoms with Crippen molar-refractivity contribution in [2.45, 2.75) is 38.9 Å². The summed E-state index contributed by atoms with van der Waals surface area (Å²) in [5.74, 6) is 0.631. The summed E-state index contributed by atoms with van der Waals surface area (Å²) in [4.78, 5) is 13.8. The summed E-state index contributed by atoms with van der Waals surface area (Å²) in [6, 6.07) is 7.63. The van der Waals surface area contributed by atoms with Gasteiger partial charge in [0.15, 0.2) is 6.10 Å². The van der Waals surface area contributed by atoms with Gasteiger partial charge in [0.2, 0.25) is 0 Å². The Labute approximate surface area is 114 Å². The van der Waals surface area contributed by atoms with Crippen LogP contribution in [-0.2, 0) is 4.79 Å². The summed E-state index contributed by atoms with van der Waals surface area (Å²) < 4.78 is 5.64. The topological polar surface area (TPSA) is 49.8 Å². The number of ether oxygens (including phenoxy) is 1. The fraction of sp³-hybridized carbons (Fsp3) is 0.533. The first-order valence-corrected chi connectivity index (χ1v) is 6.68. The highest BCUT2D eigenvalue weighted by atomic mass is 16.5. The van der Waals surface area contributed by atoms with Crippen LogP contribution in [0.3, 0.4) is 0 Å². The third-order valence-electron chi connectivity index (χ3n) is 3.59. The van der Waals surface area contributed by atoms with Crippen LogP contribution in [0.25, 0.3) is 0 Å². The van der Waals surface area contributed by atoms with Gasteiger partial charge in [-0.25, -0.2) is 0 Å². The molecular formula is C15H21NO3. The molecule has 1 heterocycles. The molecule has 0 spiro atoms. The molecule has 4 heteroatoms. The van der Waals surface area contributed by atoms with Crippen molar-refractivity contribution in [3.63, 3.8) is 0 Å². The maximum absolute atomic E-state index is 12.1. The Bertz CT molecular complexity index is 466. The van der Waals surface area contributed by atoms with Crippen molar-refractivity contribution >= 4 is 5.91 Å². The number of benzene rings is 1. The van der Waals surface area contributed by atoms with Crippen LogP contribution in [0.15, 0.2) is 24.3 Å². The Hall–Kier alpha value is -1.55. The molecule has 1 unspecified atom stereocenters. The first-order valence-electron chi connectivity index (χ1n) is 6.68. The molecule has 1 amide bonds. The second-order valence-corrected chi connectivity index (χ2v) is 5.35. The van der Waals surface area contributed by atoms with E-state index in [1.165, 1.54) is 0 Å². The number of aliphatic hydroxyl groups is 1. The van der Waals surface area contributed by atoms with Gasteiger partial charge in [0.25, 0.3) is 5.91 Å². The summed E-state index contributed by atoms with van der Waals surface area (Å²) in [6.07, 6.45) is 0.146. The minimum Gasteiger partial charge on any atom is -0.481 e. The Morgan fingerprint density at radius 2 is 2.21 bits per heavy atom. The van der Waals surface area contributed by atoms with E-state index < -0.39 is 11.7 Å². The quantitative estimate of drug-likeness (QED) is 0.900. The molecule has 0 aliphatic carbocycles. The van der Waals surface area contributed by atoms with Crippen molar-refractivity contribution in [3.8, 4) is 5.75 Å². The molecule has 1 aromatic rings. The van der Waals surface area contributed by atoms with Crippen LogP contribution in [0.4, 0.5) is 0 Å². The lowest BCUT2D eigenvalue weighted by Gasteiger charge is -2.46. The number of carbonyl (C=O) groups is 1. The molecule has 1 atom stereocenters. The molecule has 1 aromatic carbocycles. The van der Waals surface area contributed by atoms with Crippen molar-refractivity contribution < 1.29 is 14.6 Å². The third kappa shape index (κ3) is 3.07. The van der Waals surface area contributed by atoms with Gasteiger partial charge in [-0.3, -0.25) is 4.79 Å². The maximum atomic E-state index is 12.1. The van der Waals surface area contributed by atoms with Crippen molar-refractivity contribution in [1.82, 2.24) is 4.90 Å². The van der Waals surface area contributed by atoms with Crippen LogP contribution in [0.2, 0.25) is 0 Å². The second kappa shape index (κ2) is 5.21. The number of likely N-dealkylation sites (tertiary alicyclic amines) is 1. The fourth-order valence-electron chi connectivity index (χ4n) is 2.24. The predicted molar refractivity (Wildman–Crippen MR) is 73.1 cm³/mol. The molecule has 1 fully saturated rings. The summed E-state index contributed by atoms with van der Waals surface area (Å²) in [6.45, 7) is 6.46. The zero-order valence-corrected chi connectivity index (χ0v) is 11.7. The molecule has 0 radical (unpaired) electrons. The Kier molecular flexibility index (Phi) is 3.80. The van der Waals surface area contributed by atoms with Crippen LogP contribution < -0.4 is 4.74 Å². The van der Waals surface area contributed by atoms with Gasteiger partial charge in [0.1, 0.15) is 5.75 Å². The zero-order chi connectivity index (χ0) is 14.0. The van der Waals surface area contributed by atoms with Crippen LogP contribution >= 0.6 is 0 Å². The molecule has 0 saturated carbocycles.